The molecule has 0 saturated carbocycles. The molecule has 0 aliphatic heterocycles. The van der Waals surface area contributed by atoms with Gasteiger partial charge in [0.05, 0.1) is 17.5 Å². The van der Waals surface area contributed by atoms with Crippen molar-refractivity contribution in [2.75, 3.05) is 0 Å². The molecule has 0 atom stereocenters. The highest BCUT2D eigenvalue weighted by Gasteiger charge is 2.02. The van der Waals surface area contributed by atoms with Crippen molar-refractivity contribution in [3.05, 3.63) is 35.9 Å². The van der Waals surface area contributed by atoms with Crippen LogP contribution in [0.1, 0.15) is 11.3 Å². The van der Waals surface area contributed by atoms with Gasteiger partial charge in [0.1, 0.15) is 0 Å². The lowest BCUT2D eigenvalue weighted by Crippen LogP contribution is -1.97. The van der Waals surface area contributed by atoms with Crippen molar-refractivity contribution in [2.45, 2.75) is 11.0 Å². The second-order valence-electron chi connectivity index (χ2n) is 2.86. The number of alkyl halides is 1. The van der Waals surface area contributed by atoms with Crippen molar-refractivity contribution in [3.8, 4) is 0 Å². The molecule has 0 aromatic carbocycles. The number of halogens is 1. The van der Waals surface area contributed by atoms with Crippen LogP contribution < -0.4 is 5.73 Å². The van der Waals surface area contributed by atoms with Gasteiger partial charge < -0.3 is 10.1 Å². The van der Waals surface area contributed by atoms with E-state index in [-0.39, 0.29) is 0 Å². The fourth-order valence-electron chi connectivity index (χ4n) is 1.33. The van der Waals surface area contributed by atoms with Crippen LogP contribution in [0.4, 0.5) is 0 Å². The van der Waals surface area contributed by atoms with Crippen molar-refractivity contribution in [1.82, 2.24) is 9.38 Å². The van der Waals surface area contributed by atoms with Gasteiger partial charge in [-0.3, -0.25) is 0 Å². The minimum atomic E-state index is 0.501. The molecule has 2 aromatic rings. The van der Waals surface area contributed by atoms with Crippen molar-refractivity contribution in [2.24, 2.45) is 5.73 Å². The Morgan fingerprint density at radius 1 is 1.54 bits per heavy atom. The first-order valence-electron chi connectivity index (χ1n) is 4.05. The average Bonchev–Trinajstić information content (AvgIpc) is 2.59. The summed E-state index contributed by atoms with van der Waals surface area (Å²) < 4.78 is 3.02. The van der Waals surface area contributed by atoms with E-state index in [0.29, 0.717) is 6.54 Å². The third-order valence-corrected chi connectivity index (χ3v) is 2.91. The quantitative estimate of drug-likeness (QED) is 0.675. The maximum Gasteiger partial charge on any atom is 0.0996 e. The molecule has 0 unspecified atom stereocenters. The Balaban J connectivity index is 2.64. The van der Waals surface area contributed by atoms with Crippen LogP contribution in [0.25, 0.3) is 5.52 Å². The third-order valence-electron chi connectivity index (χ3n) is 2.03. The van der Waals surface area contributed by atoms with E-state index in [1.54, 1.807) is 6.33 Å². The van der Waals surface area contributed by atoms with Gasteiger partial charge >= 0.3 is 0 Å². The number of aromatic nitrogens is 2. The molecule has 3 nitrogen and oxygen atoms in total. The molecule has 2 heterocycles. The highest BCUT2D eigenvalue weighted by Crippen LogP contribution is 2.13. The van der Waals surface area contributed by atoms with Gasteiger partial charge in [-0.05, 0) is 17.7 Å². The number of rotatable bonds is 2. The molecular weight excluding hydrogens is 277 g/mol. The average molecular weight is 287 g/mol. The number of fused-ring (bicyclic) bond motifs is 1. The van der Waals surface area contributed by atoms with Gasteiger partial charge in [0.25, 0.3) is 0 Å². The summed E-state index contributed by atoms with van der Waals surface area (Å²) in [5.41, 5.74) is 8.97. The Kier molecular flexibility index (Phi) is 2.50. The summed E-state index contributed by atoms with van der Waals surface area (Å²) in [6, 6.07) is 4.24. The van der Waals surface area contributed by atoms with Crippen LogP contribution in [0.15, 0.2) is 24.7 Å². The minimum absolute atomic E-state index is 0.501. The zero-order valence-corrected chi connectivity index (χ0v) is 9.23. The van der Waals surface area contributed by atoms with Gasteiger partial charge in [0.15, 0.2) is 0 Å². The van der Waals surface area contributed by atoms with Gasteiger partial charge in [0.2, 0.25) is 0 Å². The van der Waals surface area contributed by atoms with E-state index in [4.69, 9.17) is 5.73 Å². The summed E-state index contributed by atoms with van der Waals surface area (Å²) in [7, 11) is 0. The summed E-state index contributed by atoms with van der Waals surface area (Å²) in [4.78, 5) is 4.22. The molecule has 0 radical (unpaired) electrons. The molecule has 0 aliphatic carbocycles. The van der Waals surface area contributed by atoms with Crippen molar-refractivity contribution in [3.63, 3.8) is 0 Å². The Morgan fingerprint density at radius 2 is 2.38 bits per heavy atom. The van der Waals surface area contributed by atoms with Crippen LogP contribution in [0.3, 0.4) is 0 Å². The molecule has 4 heteroatoms. The van der Waals surface area contributed by atoms with Crippen molar-refractivity contribution >= 4 is 28.1 Å². The van der Waals surface area contributed by atoms with Gasteiger partial charge in [-0.2, -0.15) is 0 Å². The Bertz CT molecular complexity index is 422. The molecule has 68 valence electrons. The number of hydrogen-bond acceptors (Lipinski definition) is 2. The van der Waals surface area contributed by atoms with Crippen LogP contribution in [0.2, 0.25) is 0 Å². The Hall–Kier alpha value is -0.620. The maximum absolute atomic E-state index is 5.57. The zero-order chi connectivity index (χ0) is 9.26. The molecular formula is C9H10IN3. The molecule has 0 aliphatic rings. The van der Waals surface area contributed by atoms with Crippen molar-refractivity contribution < 1.29 is 0 Å². The normalized spacial score (nSPS) is 10.9. The van der Waals surface area contributed by atoms with E-state index < -0.39 is 0 Å². The summed E-state index contributed by atoms with van der Waals surface area (Å²) >= 11 is 2.35. The molecule has 0 spiro atoms. The SMILES string of the molecule is NCc1ncn2ccc(CI)cc12. The van der Waals surface area contributed by atoms with E-state index in [0.717, 1.165) is 15.6 Å². The van der Waals surface area contributed by atoms with Crippen LogP contribution in [0, 0.1) is 0 Å². The number of pyridine rings is 1. The maximum atomic E-state index is 5.57. The lowest BCUT2D eigenvalue weighted by Gasteiger charge is -1.98. The van der Waals surface area contributed by atoms with Gasteiger partial charge in [0, 0.05) is 17.2 Å². The van der Waals surface area contributed by atoms with Gasteiger partial charge in [-0.1, -0.05) is 22.6 Å². The van der Waals surface area contributed by atoms with E-state index in [9.17, 15) is 0 Å². The van der Waals surface area contributed by atoms with Crippen LogP contribution in [-0.2, 0) is 11.0 Å². The highest BCUT2D eigenvalue weighted by atomic mass is 127. The third kappa shape index (κ3) is 1.55. The van der Waals surface area contributed by atoms with Gasteiger partial charge in [-0.15, -0.1) is 0 Å². The fraction of sp³-hybridized carbons (Fsp3) is 0.222. The molecule has 0 saturated heterocycles. The lowest BCUT2D eigenvalue weighted by atomic mass is 10.2. The molecule has 2 aromatic heterocycles. The smallest absolute Gasteiger partial charge is 0.0996 e. The monoisotopic (exact) mass is 287 g/mol. The predicted octanol–water partition coefficient (Wildman–Crippen LogP) is 1.73. The molecule has 0 bridgehead atoms. The van der Waals surface area contributed by atoms with Crippen molar-refractivity contribution in [1.29, 1.82) is 0 Å². The number of nitrogens with zero attached hydrogens (tertiary/aromatic N) is 2. The topological polar surface area (TPSA) is 43.3 Å². The molecule has 13 heavy (non-hydrogen) atoms. The summed E-state index contributed by atoms with van der Waals surface area (Å²) in [6.45, 7) is 0.501. The van der Waals surface area contributed by atoms with Crippen LogP contribution in [0.5, 0.6) is 0 Å². The first-order chi connectivity index (χ1) is 6.35. The Morgan fingerprint density at radius 3 is 3.08 bits per heavy atom. The minimum Gasteiger partial charge on any atom is -0.325 e. The van der Waals surface area contributed by atoms with E-state index in [1.807, 2.05) is 10.6 Å². The predicted molar refractivity (Wildman–Crippen MR) is 60.8 cm³/mol. The van der Waals surface area contributed by atoms with E-state index in [2.05, 4.69) is 39.7 Å². The largest absolute Gasteiger partial charge is 0.325 e. The second kappa shape index (κ2) is 3.63. The van der Waals surface area contributed by atoms with Crippen LogP contribution in [-0.4, -0.2) is 9.38 Å². The highest BCUT2D eigenvalue weighted by molar-refractivity contribution is 14.1. The van der Waals surface area contributed by atoms with Gasteiger partial charge in [-0.25, -0.2) is 4.98 Å². The number of imidazole rings is 1. The Labute approximate surface area is 90.1 Å². The number of hydrogen-bond donors (Lipinski definition) is 1. The first-order valence-corrected chi connectivity index (χ1v) is 5.58. The summed E-state index contributed by atoms with van der Waals surface area (Å²) in [6.07, 6.45) is 3.82. The molecule has 0 amide bonds. The molecule has 0 fully saturated rings. The molecule has 2 N–H and O–H groups in total. The zero-order valence-electron chi connectivity index (χ0n) is 7.07. The van der Waals surface area contributed by atoms with E-state index >= 15 is 0 Å². The standard InChI is InChI=1S/C9H10IN3/c10-4-7-1-2-13-6-12-8(5-11)9(13)3-7/h1-3,6H,4-5,11H2. The fourth-order valence-corrected chi connectivity index (χ4v) is 1.80. The van der Waals surface area contributed by atoms with Crippen LogP contribution >= 0.6 is 22.6 Å². The lowest BCUT2D eigenvalue weighted by molar-refractivity contribution is 1.02. The second-order valence-corrected chi connectivity index (χ2v) is 3.62. The van der Waals surface area contributed by atoms with E-state index in [1.165, 1.54) is 5.56 Å². The summed E-state index contributed by atoms with van der Waals surface area (Å²) in [5.74, 6) is 0. The summed E-state index contributed by atoms with van der Waals surface area (Å²) in [5, 5.41) is 0. The number of nitrogens with two attached hydrogens (primary N) is 1. The first kappa shape index (κ1) is 8.96. The molecule has 2 rings (SSSR count).